The molecule has 1 N–H and O–H groups in total. The van der Waals surface area contributed by atoms with E-state index in [2.05, 4.69) is 20.8 Å². The second kappa shape index (κ2) is 7.11. The molecule has 0 bridgehead atoms. The van der Waals surface area contributed by atoms with Gasteiger partial charge in [0.1, 0.15) is 5.75 Å². The summed E-state index contributed by atoms with van der Waals surface area (Å²) in [6, 6.07) is 6.40. The fraction of sp³-hybridized carbons (Fsp3) is 0.632. The second-order valence-electron chi connectivity index (χ2n) is 7.27. The van der Waals surface area contributed by atoms with Gasteiger partial charge in [-0.2, -0.15) is 0 Å². The Balaban J connectivity index is 2.13. The average molecular weight is 287 g/mol. The maximum Gasteiger partial charge on any atom is 0.128 e. The van der Waals surface area contributed by atoms with Crippen molar-refractivity contribution < 1.29 is 5.11 Å². The second-order valence-corrected chi connectivity index (χ2v) is 7.27. The first-order chi connectivity index (χ1) is 9.98. The molecule has 1 fully saturated rings. The van der Waals surface area contributed by atoms with E-state index in [9.17, 15) is 5.11 Å². The fourth-order valence-corrected chi connectivity index (χ4v) is 3.04. The number of rotatable bonds is 2. The van der Waals surface area contributed by atoms with Crippen molar-refractivity contribution >= 4 is 6.21 Å². The first kappa shape index (κ1) is 16.1. The predicted octanol–water partition coefficient (Wildman–Crippen LogP) is 5.22. The van der Waals surface area contributed by atoms with E-state index in [1.165, 1.54) is 44.9 Å². The molecule has 116 valence electrons. The van der Waals surface area contributed by atoms with Crippen molar-refractivity contribution in [2.45, 2.75) is 77.2 Å². The van der Waals surface area contributed by atoms with Crippen LogP contribution in [0.2, 0.25) is 0 Å². The highest BCUT2D eigenvalue weighted by molar-refractivity contribution is 5.84. The molecule has 2 nitrogen and oxygen atoms in total. The van der Waals surface area contributed by atoms with Gasteiger partial charge in [0.25, 0.3) is 0 Å². The van der Waals surface area contributed by atoms with Crippen LogP contribution in [0.25, 0.3) is 0 Å². The van der Waals surface area contributed by atoms with Gasteiger partial charge in [0.05, 0.1) is 0 Å². The van der Waals surface area contributed by atoms with Crippen LogP contribution >= 0.6 is 0 Å². The third kappa shape index (κ3) is 4.59. The minimum atomic E-state index is -0.0475. The molecule has 0 radical (unpaired) electrons. The lowest BCUT2D eigenvalue weighted by Crippen LogP contribution is -2.12. The number of hydrogen-bond acceptors (Lipinski definition) is 2. The van der Waals surface area contributed by atoms with E-state index in [0.29, 0.717) is 11.8 Å². The number of aromatic hydroxyl groups is 1. The smallest absolute Gasteiger partial charge is 0.128 e. The highest BCUT2D eigenvalue weighted by Gasteiger charge is 2.19. The zero-order chi connectivity index (χ0) is 15.3. The van der Waals surface area contributed by atoms with Crippen LogP contribution in [0.15, 0.2) is 23.2 Å². The standard InChI is InChI=1S/C19H29NO/c1-19(2,3)17-13-9-10-15(18(17)21)14-20-16-11-7-5-4-6-8-12-16/h9-10,13-14,16,21H,4-8,11-12H2,1-3H3. The summed E-state index contributed by atoms with van der Waals surface area (Å²) in [4.78, 5) is 4.75. The minimum absolute atomic E-state index is 0.0475. The van der Waals surface area contributed by atoms with E-state index >= 15 is 0 Å². The molecule has 0 heterocycles. The molecule has 21 heavy (non-hydrogen) atoms. The summed E-state index contributed by atoms with van der Waals surface area (Å²) in [7, 11) is 0. The molecular weight excluding hydrogens is 258 g/mol. The number of phenolic OH excluding ortho intramolecular Hbond substituents is 1. The molecule has 0 aliphatic heterocycles. The van der Waals surface area contributed by atoms with Gasteiger partial charge in [0.15, 0.2) is 0 Å². The van der Waals surface area contributed by atoms with Gasteiger partial charge < -0.3 is 5.11 Å². The summed E-state index contributed by atoms with van der Waals surface area (Å²) in [6.07, 6.45) is 10.9. The number of benzene rings is 1. The van der Waals surface area contributed by atoms with Gasteiger partial charge in [0.2, 0.25) is 0 Å². The number of aliphatic imine (C=N–C) groups is 1. The summed E-state index contributed by atoms with van der Waals surface area (Å²) in [6.45, 7) is 6.37. The maximum absolute atomic E-state index is 10.5. The van der Waals surface area contributed by atoms with Crippen molar-refractivity contribution in [1.29, 1.82) is 0 Å². The van der Waals surface area contributed by atoms with Gasteiger partial charge in [0, 0.05) is 17.8 Å². The molecule has 0 atom stereocenters. The Morgan fingerprint density at radius 3 is 2.29 bits per heavy atom. The Morgan fingerprint density at radius 2 is 1.67 bits per heavy atom. The third-order valence-electron chi connectivity index (χ3n) is 4.37. The van der Waals surface area contributed by atoms with Crippen LogP contribution in [0.4, 0.5) is 0 Å². The van der Waals surface area contributed by atoms with Gasteiger partial charge in [-0.1, -0.05) is 65.0 Å². The molecule has 0 unspecified atom stereocenters. The highest BCUT2D eigenvalue weighted by Crippen LogP contribution is 2.32. The Bertz CT molecular complexity index is 477. The van der Waals surface area contributed by atoms with Crippen molar-refractivity contribution in [2.75, 3.05) is 0 Å². The van der Waals surface area contributed by atoms with Gasteiger partial charge >= 0.3 is 0 Å². The normalized spacial score (nSPS) is 18.6. The maximum atomic E-state index is 10.5. The zero-order valence-electron chi connectivity index (χ0n) is 13.7. The van der Waals surface area contributed by atoms with E-state index in [-0.39, 0.29) is 5.41 Å². The molecule has 1 aliphatic carbocycles. The fourth-order valence-electron chi connectivity index (χ4n) is 3.04. The van der Waals surface area contributed by atoms with Gasteiger partial charge in [-0.25, -0.2) is 0 Å². The molecule has 0 saturated heterocycles. The molecule has 1 saturated carbocycles. The zero-order valence-corrected chi connectivity index (χ0v) is 13.7. The molecule has 1 aromatic rings. The molecule has 1 aliphatic rings. The molecule has 0 spiro atoms. The van der Waals surface area contributed by atoms with Crippen LogP contribution in [0.5, 0.6) is 5.75 Å². The summed E-state index contributed by atoms with van der Waals surface area (Å²) in [5, 5.41) is 10.5. The number of phenols is 1. The Kier molecular flexibility index (Phi) is 5.44. The van der Waals surface area contributed by atoms with Crippen molar-refractivity contribution in [3.05, 3.63) is 29.3 Å². The van der Waals surface area contributed by atoms with Crippen LogP contribution in [0.3, 0.4) is 0 Å². The summed E-state index contributed by atoms with van der Waals surface area (Å²) < 4.78 is 0. The summed E-state index contributed by atoms with van der Waals surface area (Å²) in [5.74, 6) is 0.389. The van der Waals surface area contributed by atoms with Crippen molar-refractivity contribution in [2.24, 2.45) is 4.99 Å². The molecule has 2 heteroatoms. The van der Waals surface area contributed by atoms with Crippen LogP contribution in [0.1, 0.15) is 76.8 Å². The van der Waals surface area contributed by atoms with Gasteiger partial charge in [-0.15, -0.1) is 0 Å². The predicted molar refractivity (Wildman–Crippen MR) is 90.5 cm³/mol. The van der Waals surface area contributed by atoms with Gasteiger partial charge in [-0.05, 0) is 29.9 Å². The Labute approximate surface area is 129 Å². The largest absolute Gasteiger partial charge is 0.507 e. The lowest BCUT2D eigenvalue weighted by atomic mass is 9.85. The van der Waals surface area contributed by atoms with Crippen LogP contribution in [-0.2, 0) is 5.41 Å². The third-order valence-corrected chi connectivity index (χ3v) is 4.37. The topological polar surface area (TPSA) is 32.6 Å². The highest BCUT2D eigenvalue weighted by atomic mass is 16.3. The van der Waals surface area contributed by atoms with Crippen LogP contribution < -0.4 is 0 Å². The lowest BCUT2D eigenvalue weighted by molar-refractivity contribution is 0.445. The van der Waals surface area contributed by atoms with E-state index in [1.807, 2.05) is 24.4 Å². The minimum Gasteiger partial charge on any atom is -0.507 e. The van der Waals surface area contributed by atoms with E-state index in [0.717, 1.165) is 11.1 Å². The SMILES string of the molecule is CC(C)(C)c1cccc(C=NC2CCCCCCC2)c1O. The van der Waals surface area contributed by atoms with Crippen molar-refractivity contribution in [1.82, 2.24) is 0 Å². The Hall–Kier alpha value is -1.31. The molecule has 2 rings (SSSR count). The quantitative estimate of drug-likeness (QED) is 0.743. The molecule has 0 aromatic heterocycles. The monoisotopic (exact) mass is 287 g/mol. The molecule has 1 aromatic carbocycles. The van der Waals surface area contributed by atoms with Crippen LogP contribution in [-0.4, -0.2) is 17.4 Å². The molecule has 0 amide bonds. The van der Waals surface area contributed by atoms with E-state index in [1.54, 1.807) is 0 Å². The van der Waals surface area contributed by atoms with E-state index < -0.39 is 0 Å². The number of nitrogens with zero attached hydrogens (tertiary/aromatic N) is 1. The summed E-state index contributed by atoms with van der Waals surface area (Å²) in [5.41, 5.74) is 1.79. The summed E-state index contributed by atoms with van der Waals surface area (Å²) >= 11 is 0. The lowest BCUT2D eigenvalue weighted by Gasteiger charge is -2.21. The number of para-hydroxylation sites is 1. The first-order valence-corrected chi connectivity index (χ1v) is 8.34. The Morgan fingerprint density at radius 1 is 1.05 bits per heavy atom. The van der Waals surface area contributed by atoms with Crippen molar-refractivity contribution in [3.8, 4) is 5.75 Å². The number of hydrogen-bond donors (Lipinski definition) is 1. The molecular formula is C19H29NO. The van der Waals surface area contributed by atoms with Crippen molar-refractivity contribution in [3.63, 3.8) is 0 Å². The first-order valence-electron chi connectivity index (χ1n) is 8.34. The van der Waals surface area contributed by atoms with Gasteiger partial charge in [-0.3, -0.25) is 4.99 Å². The van der Waals surface area contributed by atoms with Crippen LogP contribution in [0, 0.1) is 0 Å². The van der Waals surface area contributed by atoms with E-state index in [4.69, 9.17) is 4.99 Å². The average Bonchev–Trinajstić information content (AvgIpc) is 2.37.